The maximum atomic E-state index is 12.0. The van der Waals surface area contributed by atoms with Crippen LogP contribution >= 0.6 is 0 Å². The third-order valence-electron chi connectivity index (χ3n) is 4.11. The van der Waals surface area contributed by atoms with Crippen LogP contribution in [0.15, 0.2) is 66.4 Å². The molecule has 0 bridgehead atoms. The summed E-state index contributed by atoms with van der Waals surface area (Å²) >= 11 is 0. The number of carbonyl (C=O) groups is 2. The van der Waals surface area contributed by atoms with Gasteiger partial charge in [0.1, 0.15) is 18.8 Å². The molecule has 1 unspecified atom stereocenters. The maximum absolute atomic E-state index is 12.0. The summed E-state index contributed by atoms with van der Waals surface area (Å²) in [6, 6.07) is 7.32. The van der Waals surface area contributed by atoms with Crippen LogP contribution in [0.2, 0.25) is 0 Å². The van der Waals surface area contributed by atoms with Gasteiger partial charge >= 0.3 is 0 Å². The molecule has 25 heavy (non-hydrogen) atoms. The van der Waals surface area contributed by atoms with Gasteiger partial charge in [0.15, 0.2) is 5.78 Å². The van der Waals surface area contributed by atoms with Crippen molar-refractivity contribution in [3.8, 4) is 6.07 Å². The van der Waals surface area contributed by atoms with E-state index in [1.807, 2.05) is 17.9 Å². The number of ether oxygens (including phenoxy) is 1. The smallest absolute Gasteiger partial charge is 0.159 e. The largest absolute Gasteiger partial charge is 0.470 e. The highest BCUT2D eigenvalue weighted by molar-refractivity contribution is 5.97. The van der Waals surface area contributed by atoms with E-state index < -0.39 is 0 Å². The zero-order valence-corrected chi connectivity index (χ0v) is 13.7. The Hall–Kier alpha value is -3.39. The lowest BCUT2D eigenvalue weighted by molar-refractivity contribution is -0.114. The molecule has 124 valence electrons. The average Bonchev–Trinajstić information content (AvgIpc) is 2.62. The number of hydrogen-bond donors (Lipinski definition) is 0. The highest BCUT2D eigenvalue weighted by atomic mass is 16.5. The minimum Gasteiger partial charge on any atom is -0.470 e. The Bertz CT molecular complexity index is 873. The molecule has 1 aromatic rings. The molecule has 1 heterocycles. The minimum absolute atomic E-state index is 0.0556. The lowest BCUT2D eigenvalue weighted by Crippen LogP contribution is -2.25. The summed E-state index contributed by atoms with van der Waals surface area (Å²) in [5, 5.41) is 9.28. The van der Waals surface area contributed by atoms with E-state index in [4.69, 9.17) is 4.74 Å². The molecule has 1 aromatic carbocycles. The van der Waals surface area contributed by atoms with Gasteiger partial charge in [-0.2, -0.15) is 5.26 Å². The van der Waals surface area contributed by atoms with Gasteiger partial charge in [-0.25, -0.2) is 0 Å². The summed E-state index contributed by atoms with van der Waals surface area (Å²) in [4.78, 5) is 25.4. The van der Waals surface area contributed by atoms with Crippen LogP contribution in [0.5, 0.6) is 0 Å². The van der Waals surface area contributed by atoms with Crippen molar-refractivity contribution in [2.45, 2.75) is 19.4 Å². The van der Waals surface area contributed by atoms with Crippen molar-refractivity contribution in [2.75, 3.05) is 0 Å². The third-order valence-corrected chi connectivity index (χ3v) is 4.11. The van der Waals surface area contributed by atoms with E-state index in [9.17, 15) is 14.9 Å². The van der Waals surface area contributed by atoms with Crippen LogP contribution in [0.3, 0.4) is 0 Å². The molecular formula is C20H16N2O3. The molecule has 0 saturated carbocycles. The predicted octanol–water partition coefficient (Wildman–Crippen LogP) is 3.21. The summed E-state index contributed by atoms with van der Waals surface area (Å²) in [6.07, 6.45) is 10.4. The van der Waals surface area contributed by atoms with Gasteiger partial charge in [0.05, 0.1) is 17.7 Å². The van der Waals surface area contributed by atoms with E-state index in [-0.39, 0.29) is 18.2 Å². The fraction of sp³-hybridized carbons (Fsp3) is 0.150. The molecular weight excluding hydrogens is 316 g/mol. The number of ketones is 1. The predicted molar refractivity (Wildman–Crippen MR) is 91.7 cm³/mol. The standard InChI is InChI=1S/C20H16N2O3/c1-14-8-15(12-21)10-17(9-14)20(22-4-6-25-7-5-22)19-11-18(24)3-2-16(19)13-23/h2-10,13,20H,11H2,1H3. The van der Waals surface area contributed by atoms with E-state index in [0.29, 0.717) is 16.7 Å². The van der Waals surface area contributed by atoms with Gasteiger partial charge in [-0.15, -0.1) is 0 Å². The van der Waals surface area contributed by atoms with Gasteiger partial charge in [0.2, 0.25) is 0 Å². The molecule has 5 nitrogen and oxygen atoms in total. The first-order chi connectivity index (χ1) is 12.1. The molecule has 0 N–H and O–H groups in total. The molecule has 0 amide bonds. The molecule has 1 aliphatic heterocycles. The van der Waals surface area contributed by atoms with Gasteiger partial charge < -0.3 is 9.64 Å². The number of nitrogens with zero attached hydrogens (tertiary/aromatic N) is 2. The summed E-state index contributed by atoms with van der Waals surface area (Å²) in [5.74, 6) is -0.0556. The number of aryl methyl sites for hydroxylation is 1. The Morgan fingerprint density at radius 2 is 2.00 bits per heavy atom. The minimum atomic E-state index is -0.377. The highest BCUT2D eigenvalue weighted by Gasteiger charge is 2.28. The van der Waals surface area contributed by atoms with Crippen LogP contribution in [0.4, 0.5) is 0 Å². The molecule has 0 fully saturated rings. The van der Waals surface area contributed by atoms with Crippen molar-refractivity contribution in [3.63, 3.8) is 0 Å². The second-order valence-corrected chi connectivity index (χ2v) is 5.88. The Balaban J connectivity index is 2.19. The van der Waals surface area contributed by atoms with E-state index >= 15 is 0 Å². The summed E-state index contributed by atoms with van der Waals surface area (Å²) < 4.78 is 5.09. The molecule has 5 heteroatoms. The second-order valence-electron chi connectivity index (χ2n) is 5.88. The second kappa shape index (κ2) is 7.02. The first-order valence-electron chi connectivity index (χ1n) is 7.79. The molecule has 0 saturated heterocycles. The van der Waals surface area contributed by atoms with Crippen LogP contribution < -0.4 is 0 Å². The van der Waals surface area contributed by atoms with Gasteiger partial charge in [-0.1, -0.05) is 6.07 Å². The Morgan fingerprint density at radius 1 is 1.24 bits per heavy atom. The Labute approximate surface area is 145 Å². The third kappa shape index (κ3) is 3.43. The first kappa shape index (κ1) is 16.5. The van der Waals surface area contributed by atoms with Gasteiger partial charge in [-0.05, 0) is 47.9 Å². The highest BCUT2D eigenvalue weighted by Crippen LogP contribution is 2.36. The van der Waals surface area contributed by atoms with E-state index in [1.165, 1.54) is 18.6 Å². The molecule has 2 aliphatic rings. The molecule has 1 aliphatic carbocycles. The van der Waals surface area contributed by atoms with Crippen LogP contribution in [0.25, 0.3) is 0 Å². The van der Waals surface area contributed by atoms with Crippen molar-refractivity contribution in [1.82, 2.24) is 4.90 Å². The zero-order chi connectivity index (χ0) is 17.8. The summed E-state index contributed by atoms with van der Waals surface area (Å²) in [6.45, 7) is 1.91. The lowest BCUT2D eigenvalue weighted by Gasteiger charge is -2.32. The van der Waals surface area contributed by atoms with E-state index in [0.717, 1.165) is 17.4 Å². The fourth-order valence-electron chi connectivity index (χ4n) is 3.07. The Kier molecular flexibility index (Phi) is 4.62. The summed E-state index contributed by atoms with van der Waals surface area (Å²) in [7, 11) is 0. The number of allylic oxidation sites excluding steroid dienone is 3. The van der Waals surface area contributed by atoms with E-state index in [1.54, 1.807) is 30.6 Å². The van der Waals surface area contributed by atoms with Crippen molar-refractivity contribution in [2.24, 2.45) is 0 Å². The molecule has 1 atom stereocenters. The number of hydrogen-bond acceptors (Lipinski definition) is 5. The fourth-order valence-corrected chi connectivity index (χ4v) is 3.07. The Morgan fingerprint density at radius 3 is 2.68 bits per heavy atom. The SMILES string of the molecule is Cc1cc(C#N)cc(C(C2=C(C=O)C=CC(=O)C2)N2C=COC=C2)c1. The molecule has 0 spiro atoms. The van der Waals surface area contributed by atoms with Gasteiger partial charge in [-0.3, -0.25) is 9.59 Å². The van der Waals surface area contributed by atoms with Crippen LogP contribution in [-0.2, 0) is 14.3 Å². The maximum Gasteiger partial charge on any atom is 0.159 e. The molecule has 3 rings (SSSR count). The molecule has 0 aromatic heterocycles. The van der Waals surface area contributed by atoms with Crippen molar-refractivity contribution in [3.05, 3.63) is 83.1 Å². The van der Waals surface area contributed by atoms with Gasteiger partial charge in [0.25, 0.3) is 0 Å². The normalized spacial score (nSPS) is 17.3. The number of carbonyl (C=O) groups excluding carboxylic acids is 2. The zero-order valence-electron chi connectivity index (χ0n) is 13.7. The first-order valence-corrected chi connectivity index (χ1v) is 7.79. The monoisotopic (exact) mass is 332 g/mol. The van der Waals surface area contributed by atoms with Gasteiger partial charge in [0, 0.05) is 24.4 Å². The van der Waals surface area contributed by atoms with Crippen LogP contribution in [0, 0.1) is 18.3 Å². The number of benzene rings is 1. The topological polar surface area (TPSA) is 70.4 Å². The summed E-state index contributed by atoms with van der Waals surface area (Å²) in [5.41, 5.74) is 3.50. The quantitative estimate of drug-likeness (QED) is 0.792. The van der Waals surface area contributed by atoms with Crippen molar-refractivity contribution >= 4 is 12.1 Å². The van der Waals surface area contributed by atoms with Crippen molar-refractivity contribution < 1.29 is 14.3 Å². The number of aldehydes is 1. The number of rotatable bonds is 4. The van der Waals surface area contributed by atoms with Crippen LogP contribution in [0.1, 0.15) is 29.2 Å². The lowest BCUT2D eigenvalue weighted by atomic mass is 9.86. The van der Waals surface area contributed by atoms with E-state index in [2.05, 4.69) is 6.07 Å². The van der Waals surface area contributed by atoms with Crippen molar-refractivity contribution in [1.29, 1.82) is 5.26 Å². The average molecular weight is 332 g/mol. The number of nitriles is 1. The van der Waals surface area contributed by atoms with Crippen LogP contribution in [-0.4, -0.2) is 17.0 Å². The molecule has 0 radical (unpaired) electrons.